The second kappa shape index (κ2) is 6.47. The fourth-order valence-corrected chi connectivity index (χ4v) is 0.832. The van der Waals surface area contributed by atoms with Crippen LogP contribution in [0.5, 0.6) is 0 Å². The molecule has 0 heterocycles. The lowest BCUT2D eigenvalue weighted by atomic mass is 10.2. The second-order valence-electron chi connectivity index (χ2n) is 2.67. The molecule has 0 aliphatic heterocycles. The van der Waals surface area contributed by atoms with Gasteiger partial charge in [-0.3, -0.25) is 0 Å². The predicted octanol–water partition coefficient (Wildman–Crippen LogP) is 2.57. The lowest BCUT2D eigenvalue weighted by Crippen LogP contribution is -2.01. The molecule has 0 spiro atoms. The molecular weight excluding hydrogens is 204 g/mol. The molecule has 0 aromatic carbocycles. The van der Waals surface area contributed by atoms with Crippen molar-refractivity contribution in [1.29, 1.82) is 0 Å². The van der Waals surface area contributed by atoms with Crippen molar-refractivity contribution < 1.29 is 29.3 Å². The van der Waals surface area contributed by atoms with Crippen molar-refractivity contribution >= 4 is 12.3 Å². The summed E-state index contributed by atoms with van der Waals surface area (Å²) in [6.07, 6.45) is -1.78. The normalized spacial score (nSPS) is 9.07. The van der Waals surface area contributed by atoms with Crippen LogP contribution in [0.4, 0.5) is 9.59 Å². The van der Waals surface area contributed by atoms with Gasteiger partial charge in [0.05, 0.1) is 0 Å². The first kappa shape index (κ1) is 13.0. The van der Waals surface area contributed by atoms with Crippen molar-refractivity contribution in [3.63, 3.8) is 0 Å². The summed E-state index contributed by atoms with van der Waals surface area (Å²) in [7, 11) is 0. The molecule has 0 unspecified atom stereocenters. The molecule has 2 N–H and O–H groups in total. The minimum atomic E-state index is -1.42. The Balaban J connectivity index is 3.61. The Morgan fingerprint density at radius 2 is 1.27 bits per heavy atom. The first-order valence-corrected chi connectivity index (χ1v) is 4.09. The van der Waals surface area contributed by atoms with Crippen LogP contribution in [-0.2, 0) is 9.47 Å². The maximum absolute atomic E-state index is 10.0. The average Bonchev–Trinajstić information content (AvgIpc) is 2.00. The molecular formula is C9H12O6. The minimum Gasteiger partial charge on any atom is -0.449 e. The highest BCUT2D eigenvalue weighted by Crippen LogP contribution is 2.11. The second-order valence-corrected chi connectivity index (χ2v) is 2.67. The van der Waals surface area contributed by atoms with E-state index in [4.69, 9.17) is 10.2 Å². The zero-order valence-electron chi connectivity index (χ0n) is 8.06. The van der Waals surface area contributed by atoms with Gasteiger partial charge in [0.2, 0.25) is 0 Å². The Morgan fingerprint density at radius 1 is 0.933 bits per heavy atom. The topological polar surface area (TPSA) is 93.1 Å². The molecule has 0 saturated heterocycles. The molecule has 0 aliphatic carbocycles. The van der Waals surface area contributed by atoms with Gasteiger partial charge in [-0.1, -0.05) is 13.2 Å². The predicted molar refractivity (Wildman–Crippen MR) is 50.4 cm³/mol. The van der Waals surface area contributed by atoms with Crippen LogP contribution in [0.25, 0.3) is 0 Å². The van der Waals surface area contributed by atoms with Crippen LogP contribution in [0.2, 0.25) is 0 Å². The first-order valence-electron chi connectivity index (χ1n) is 4.09. The molecule has 0 atom stereocenters. The number of hydrogen-bond donors (Lipinski definition) is 2. The summed E-state index contributed by atoms with van der Waals surface area (Å²) in [5.41, 5.74) is 0. The molecule has 84 valence electrons. The quantitative estimate of drug-likeness (QED) is 0.523. The van der Waals surface area contributed by atoms with Gasteiger partial charge < -0.3 is 19.7 Å². The number of carbonyl (C=O) groups is 2. The molecule has 6 heteroatoms. The highest BCUT2D eigenvalue weighted by molar-refractivity contribution is 5.58. The lowest BCUT2D eigenvalue weighted by molar-refractivity contribution is 0.114. The van der Waals surface area contributed by atoms with Crippen molar-refractivity contribution in [3.8, 4) is 0 Å². The Hall–Kier alpha value is -1.98. The largest absolute Gasteiger partial charge is 0.510 e. The Labute approximate surface area is 86.4 Å². The summed E-state index contributed by atoms with van der Waals surface area (Å²) in [6, 6.07) is 0. The van der Waals surface area contributed by atoms with Crippen molar-refractivity contribution in [1.82, 2.24) is 0 Å². The molecule has 0 fully saturated rings. The van der Waals surface area contributed by atoms with E-state index < -0.39 is 12.3 Å². The summed E-state index contributed by atoms with van der Waals surface area (Å²) in [4.78, 5) is 20.1. The van der Waals surface area contributed by atoms with E-state index in [2.05, 4.69) is 22.6 Å². The van der Waals surface area contributed by atoms with Crippen molar-refractivity contribution in [3.05, 3.63) is 24.7 Å². The smallest absolute Gasteiger partial charge is 0.449 e. The zero-order chi connectivity index (χ0) is 11.8. The van der Waals surface area contributed by atoms with Crippen LogP contribution in [0, 0.1) is 0 Å². The van der Waals surface area contributed by atoms with Gasteiger partial charge in [0.15, 0.2) is 0 Å². The van der Waals surface area contributed by atoms with Crippen LogP contribution in [0.1, 0.15) is 19.3 Å². The van der Waals surface area contributed by atoms with Crippen LogP contribution >= 0.6 is 0 Å². The molecule has 0 radical (unpaired) electrons. The van der Waals surface area contributed by atoms with Gasteiger partial charge in [-0.15, -0.1) is 0 Å². The van der Waals surface area contributed by atoms with Gasteiger partial charge in [0.1, 0.15) is 11.5 Å². The monoisotopic (exact) mass is 216 g/mol. The van der Waals surface area contributed by atoms with Gasteiger partial charge in [-0.05, 0) is 6.42 Å². The number of hydrogen-bond acceptors (Lipinski definition) is 4. The number of rotatable bonds is 6. The number of allylic oxidation sites excluding steroid dienone is 2. The standard InChI is InChI=1S/C9H12O6/c1-6(14-8(10)11)4-3-5-7(2)15-9(12)13/h1-5H2,(H,10,11)(H,12,13). The van der Waals surface area contributed by atoms with E-state index in [0.29, 0.717) is 19.3 Å². The van der Waals surface area contributed by atoms with E-state index in [-0.39, 0.29) is 11.5 Å². The molecule has 0 aromatic heterocycles. The first-order chi connectivity index (χ1) is 6.91. The van der Waals surface area contributed by atoms with E-state index in [9.17, 15) is 9.59 Å². The van der Waals surface area contributed by atoms with E-state index in [1.807, 2.05) is 0 Å². The Bertz CT molecular complexity index is 252. The molecule has 0 aliphatic rings. The van der Waals surface area contributed by atoms with Crippen molar-refractivity contribution in [2.75, 3.05) is 0 Å². The summed E-state index contributed by atoms with van der Waals surface area (Å²) < 4.78 is 8.50. The van der Waals surface area contributed by atoms with Gasteiger partial charge in [0, 0.05) is 12.8 Å². The van der Waals surface area contributed by atoms with E-state index in [1.165, 1.54) is 0 Å². The van der Waals surface area contributed by atoms with Gasteiger partial charge in [-0.25, -0.2) is 9.59 Å². The van der Waals surface area contributed by atoms with Gasteiger partial charge >= 0.3 is 12.3 Å². The third kappa shape index (κ3) is 8.35. The summed E-state index contributed by atoms with van der Waals surface area (Å²) in [5.74, 6) is 0.205. The van der Waals surface area contributed by atoms with Crippen molar-refractivity contribution in [2.24, 2.45) is 0 Å². The van der Waals surface area contributed by atoms with Crippen LogP contribution in [0.15, 0.2) is 24.7 Å². The van der Waals surface area contributed by atoms with Crippen LogP contribution < -0.4 is 0 Å². The highest BCUT2D eigenvalue weighted by Gasteiger charge is 2.05. The average molecular weight is 216 g/mol. The number of ether oxygens (including phenoxy) is 2. The highest BCUT2D eigenvalue weighted by atomic mass is 16.7. The molecule has 0 rings (SSSR count). The number of carboxylic acid groups (broad SMARTS) is 2. The van der Waals surface area contributed by atoms with Crippen molar-refractivity contribution in [2.45, 2.75) is 19.3 Å². The molecule has 0 aromatic rings. The maximum Gasteiger partial charge on any atom is 0.510 e. The molecule has 15 heavy (non-hydrogen) atoms. The summed E-state index contributed by atoms with van der Waals surface area (Å²) in [5, 5.41) is 16.4. The third-order valence-corrected chi connectivity index (χ3v) is 1.37. The minimum absolute atomic E-state index is 0.102. The molecule has 0 bridgehead atoms. The molecule has 0 saturated carbocycles. The Morgan fingerprint density at radius 3 is 1.53 bits per heavy atom. The van der Waals surface area contributed by atoms with Gasteiger partial charge in [0.25, 0.3) is 0 Å². The third-order valence-electron chi connectivity index (χ3n) is 1.37. The molecule has 0 amide bonds. The fourth-order valence-electron chi connectivity index (χ4n) is 0.832. The summed E-state index contributed by atoms with van der Waals surface area (Å²) >= 11 is 0. The van der Waals surface area contributed by atoms with E-state index >= 15 is 0 Å². The van der Waals surface area contributed by atoms with E-state index in [1.54, 1.807) is 0 Å². The lowest BCUT2D eigenvalue weighted by Gasteiger charge is -2.05. The van der Waals surface area contributed by atoms with Crippen LogP contribution in [-0.4, -0.2) is 22.5 Å². The Kier molecular flexibility index (Phi) is 5.62. The SMILES string of the molecule is C=C(CCCC(=C)OC(=O)O)OC(=O)O. The maximum atomic E-state index is 10.0. The van der Waals surface area contributed by atoms with Gasteiger partial charge in [-0.2, -0.15) is 0 Å². The molecule has 6 nitrogen and oxygen atoms in total. The fraction of sp³-hybridized carbons (Fsp3) is 0.333. The van der Waals surface area contributed by atoms with E-state index in [0.717, 1.165) is 0 Å². The zero-order valence-corrected chi connectivity index (χ0v) is 8.06. The van der Waals surface area contributed by atoms with Crippen LogP contribution in [0.3, 0.4) is 0 Å². The summed E-state index contributed by atoms with van der Waals surface area (Å²) in [6.45, 7) is 6.73.